The van der Waals surface area contributed by atoms with Gasteiger partial charge in [0, 0.05) is 15.5 Å². The maximum Gasteiger partial charge on any atom is 0.258 e. The summed E-state index contributed by atoms with van der Waals surface area (Å²) in [6.45, 7) is 0.773. The largest absolute Gasteiger partial charge is 0.304 e. The Morgan fingerprint density at radius 2 is 2.16 bits per heavy atom. The summed E-state index contributed by atoms with van der Waals surface area (Å²) in [6.07, 6.45) is 0. The molecular weight excluding hydrogens is 373 g/mol. The number of halogens is 1. The fourth-order valence-electron chi connectivity index (χ4n) is 1.57. The fraction of sp³-hybridized carbons (Fsp3) is 0.231. The molecule has 0 aliphatic carbocycles. The van der Waals surface area contributed by atoms with Gasteiger partial charge >= 0.3 is 0 Å². The van der Waals surface area contributed by atoms with Crippen molar-refractivity contribution >= 4 is 45.0 Å². The molecule has 19 heavy (non-hydrogen) atoms. The van der Waals surface area contributed by atoms with Crippen LogP contribution in [0, 0.1) is 3.57 Å². The van der Waals surface area contributed by atoms with Crippen LogP contribution < -0.4 is 5.32 Å². The minimum Gasteiger partial charge on any atom is -0.304 e. The molecule has 0 fully saturated rings. The molecule has 1 aromatic carbocycles. The maximum atomic E-state index is 12.1. The third-order valence-electron chi connectivity index (χ3n) is 2.37. The topological polar surface area (TPSA) is 45.2 Å². The van der Waals surface area contributed by atoms with Crippen molar-refractivity contribution in [2.75, 3.05) is 19.4 Å². The fourth-order valence-corrected chi connectivity index (χ4v) is 2.90. The Hall–Kier alpha value is -0.990. The predicted octanol–water partition coefficient (Wildman–Crippen LogP) is 3.06. The van der Waals surface area contributed by atoms with E-state index in [9.17, 15) is 4.79 Å². The van der Waals surface area contributed by atoms with Gasteiger partial charge in [-0.2, -0.15) is 0 Å². The van der Waals surface area contributed by atoms with E-state index in [1.807, 2.05) is 48.6 Å². The first-order chi connectivity index (χ1) is 9.06. The number of benzene rings is 1. The van der Waals surface area contributed by atoms with Crippen molar-refractivity contribution in [3.8, 4) is 0 Å². The van der Waals surface area contributed by atoms with E-state index in [1.165, 1.54) is 11.3 Å². The van der Waals surface area contributed by atoms with Gasteiger partial charge in [0.1, 0.15) is 0 Å². The lowest BCUT2D eigenvalue weighted by atomic mass is 10.2. The van der Waals surface area contributed by atoms with Crippen LogP contribution in [0.25, 0.3) is 0 Å². The van der Waals surface area contributed by atoms with Crippen LogP contribution in [0.5, 0.6) is 0 Å². The third-order valence-corrected chi connectivity index (χ3v) is 4.12. The van der Waals surface area contributed by atoms with Gasteiger partial charge in [0.05, 0.1) is 11.3 Å². The van der Waals surface area contributed by atoms with E-state index in [1.54, 1.807) is 0 Å². The molecule has 0 saturated carbocycles. The maximum absolute atomic E-state index is 12.1. The Morgan fingerprint density at radius 1 is 1.42 bits per heavy atom. The summed E-state index contributed by atoms with van der Waals surface area (Å²) in [5.41, 5.74) is 1.64. The van der Waals surface area contributed by atoms with E-state index in [-0.39, 0.29) is 5.91 Å². The summed E-state index contributed by atoms with van der Waals surface area (Å²) in [4.78, 5) is 18.5. The molecule has 1 aromatic heterocycles. The zero-order chi connectivity index (χ0) is 13.8. The Bertz CT molecular complexity index is 583. The molecule has 100 valence electrons. The summed E-state index contributed by atoms with van der Waals surface area (Å²) in [6, 6.07) is 7.49. The minimum atomic E-state index is -0.115. The van der Waals surface area contributed by atoms with Gasteiger partial charge in [-0.1, -0.05) is 12.1 Å². The van der Waals surface area contributed by atoms with Crippen molar-refractivity contribution in [3.63, 3.8) is 0 Å². The van der Waals surface area contributed by atoms with Crippen molar-refractivity contribution in [1.82, 2.24) is 9.88 Å². The van der Waals surface area contributed by atoms with Crippen molar-refractivity contribution in [1.29, 1.82) is 0 Å². The Morgan fingerprint density at radius 3 is 2.84 bits per heavy atom. The van der Waals surface area contributed by atoms with Crippen LogP contribution in [0.4, 0.5) is 5.13 Å². The van der Waals surface area contributed by atoms with Crippen molar-refractivity contribution in [3.05, 3.63) is 44.5 Å². The number of hydrogen-bond donors (Lipinski definition) is 1. The number of hydrogen-bond acceptors (Lipinski definition) is 4. The SMILES string of the molecule is CN(C)Cc1csc(NC(=O)c2ccccc2I)n1. The molecule has 1 N–H and O–H groups in total. The molecule has 0 saturated heterocycles. The van der Waals surface area contributed by atoms with E-state index >= 15 is 0 Å². The third kappa shape index (κ3) is 3.99. The lowest BCUT2D eigenvalue weighted by Crippen LogP contribution is -2.14. The van der Waals surface area contributed by atoms with Crippen LogP contribution >= 0.6 is 33.9 Å². The molecular formula is C13H14IN3OS. The molecule has 0 aliphatic heterocycles. The van der Waals surface area contributed by atoms with Gasteiger partial charge in [-0.15, -0.1) is 11.3 Å². The van der Waals surface area contributed by atoms with Crippen molar-refractivity contribution in [2.45, 2.75) is 6.54 Å². The lowest BCUT2D eigenvalue weighted by molar-refractivity contribution is 0.102. The molecule has 6 heteroatoms. The Labute approximate surface area is 130 Å². The van der Waals surface area contributed by atoms with Gasteiger partial charge in [0.25, 0.3) is 5.91 Å². The molecule has 1 amide bonds. The second-order valence-corrected chi connectivity index (χ2v) is 6.34. The Balaban J connectivity index is 2.07. The van der Waals surface area contributed by atoms with Gasteiger partial charge in [-0.05, 0) is 48.8 Å². The van der Waals surface area contributed by atoms with Crippen LogP contribution in [-0.4, -0.2) is 29.9 Å². The van der Waals surface area contributed by atoms with Crippen LogP contribution in [0.15, 0.2) is 29.6 Å². The highest BCUT2D eigenvalue weighted by molar-refractivity contribution is 14.1. The van der Waals surface area contributed by atoms with Gasteiger partial charge in [0.2, 0.25) is 0 Å². The van der Waals surface area contributed by atoms with Crippen molar-refractivity contribution < 1.29 is 4.79 Å². The zero-order valence-electron chi connectivity index (χ0n) is 10.7. The van der Waals surface area contributed by atoms with E-state index in [2.05, 4.69) is 32.9 Å². The van der Waals surface area contributed by atoms with E-state index < -0.39 is 0 Å². The molecule has 2 aromatic rings. The highest BCUT2D eigenvalue weighted by atomic mass is 127. The van der Waals surface area contributed by atoms with Crippen LogP contribution in [0.1, 0.15) is 16.1 Å². The number of rotatable bonds is 4. The number of thiazole rings is 1. The predicted molar refractivity (Wildman–Crippen MR) is 86.6 cm³/mol. The van der Waals surface area contributed by atoms with Crippen LogP contribution in [0.2, 0.25) is 0 Å². The molecule has 0 bridgehead atoms. The number of nitrogens with zero attached hydrogens (tertiary/aromatic N) is 2. The van der Waals surface area contributed by atoms with Gasteiger partial charge in [-0.3, -0.25) is 10.1 Å². The normalized spacial score (nSPS) is 10.7. The second kappa shape index (κ2) is 6.44. The summed E-state index contributed by atoms with van der Waals surface area (Å²) in [5, 5.41) is 5.44. The molecule has 4 nitrogen and oxygen atoms in total. The molecule has 0 aliphatic rings. The number of anilines is 1. The Kier molecular flexibility index (Phi) is 4.89. The minimum absolute atomic E-state index is 0.115. The highest BCUT2D eigenvalue weighted by Gasteiger charge is 2.11. The molecule has 0 unspecified atom stereocenters. The van der Waals surface area contributed by atoms with Crippen molar-refractivity contribution in [2.24, 2.45) is 0 Å². The number of carbonyl (C=O) groups is 1. The van der Waals surface area contributed by atoms with Gasteiger partial charge in [0.15, 0.2) is 5.13 Å². The summed E-state index contributed by atoms with van der Waals surface area (Å²) in [7, 11) is 3.98. The highest BCUT2D eigenvalue weighted by Crippen LogP contribution is 2.18. The number of aromatic nitrogens is 1. The lowest BCUT2D eigenvalue weighted by Gasteiger charge is -2.06. The summed E-state index contributed by atoms with van der Waals surface area (Å²) >= 11 is 3.60. The number of nitrogens with one attached hydrogen (secondary N) is 1. The van der Waals surface area contributed by atoms with E-state index in [0.29, 0.717) is 10.7 Å². The smallest absolute Gasteiger partial charge is 0.258 e. The van der Waals surface area contributed by atoms with Gasteiger partial charge < -0.3 is 4.90 Å². The second-order valence-electron chi connectivity index (χ2n) is 4.32. The van der Waals surface area contributed by atoms with Gasteiger partial charge in [-0.25, -0.2) is 4.98 Å². The molecule has 2 rings (SSSR count). The molecule has 0 spiro atoms. The average molecular weight is 387 g/mol. The number of carbonyl (C=O) groups excluding carboxylic acids is 1. The monoisotopic (exact) mass is 387 g/mol. The zero-order valence-corrected chi connectivity index (χ0v) is 13.7. The molecule has 0 radical (unpaired) electrons. The quantitative estimate of drug-likeness (QED) is 0.821. The summed E-state index contributed by atoms with van der Waals surface area (Å²) in [5.74, 6) is -0.115. The van der Waals surface area contributed by atoms with Crippen LogP contribution in [-0.2, 0) is 6.54 Å². The average Bonchev–Trinajstić information content (AvgIpc) is 2.76. The first-order valence-electron chi connectivity index (χ1n) is 5.71. The van der Waals surface area contributed by atoms with E-state index in [4.69, 9.17) is 0 Å². The summed E-state index contributed by atoms with van der Waals surface area (Å²) < 4.78 is 0.933. The van der Waals surface area contributed by atoms with Crippen LogP contribution in [0.3, 0.4) is 0 Å². The van der Waals surface area contributed by atoms with E-state index in [0.717, 1.165) is 15.8 Å². The first kappa shape index (κ1) is 14.4. The standard InChI is InChI=1S/C13H14IN3OS/c1-17(2)7-9-8-19-13(15-9)16-12(18)10-5-3-4-6-11(10)14/h3-6,8H,7H2,1-2H3,(H,15,16,18). The number of amides is 1. The molecule has 1 heterocycles. The molecule has 0 atom stereocenters. The first-order valence-corrected chi connectivity index (χ1v) is 7.67.